The van der Waals surface area contributed by atoms with Crippen LogP contribution in [-0.4, -0.2) is 29.7 Å². The summed E-state index contributed by atoms with van der Waals surface area (Å²) in [6.45, 7) is 5.26. The molecular formula is C18H25NO2. The van der Waals surface area contributed by atoms with Crippen LogP contribution in [0.5, 0.6) is 0 Å². The molecule has 3 nitrogen and oxygen atoms in total. The van der Waals surface area contributed by atoms with Crippen molar-refractivity contribution < 1.29 is 9.59 Å². The lowest BCUT2D eigenvalue weighted by molar-refractivity contribution is -0.134. The molecule has 0 atom stereocenters. The zero-order valence-corrected chi connectivity index (χ0v) is 13.1. The summed E-state index contributed by atoms with van der Waals surface area (Å²) in [6, 6.07) is 8.51. The molecule has 1 aromatic rings. The number of nitrogens with zero attached hydrogens (tertiary/aromatic N) is 1. The van der Waals surface area contributed by atoms with E-state index in [1.165, 1.54) is 11.1 Å². The number of carbonyl (C=O) groups excluding carboxylic acids is 2. The van der Waals surface area contributed by atoms with Gasteiger partial charge >= 0.3 is 0 Å². The van der Waals surface area contributed by atoms with Gasteiger partial charge in [-0.15, -0.1) is 0 Å². The molecule has 0 aromatic heterocycles. The summed E-state index contributed by atoms with van der Waals surface area (Å²) >= 11 is 0. The standard InChI is InChI=1S/C18H25NO2/c1-3-15-4-6-16(7-5-15)8-9-18(21)19-12-10-17(11-13-19)14(2)20/h4-7,17H,3,8-13H2,1-2H3. The molecule has 0 saturated carbocycles. The number of benzene rings is 1. The van der Waals surface area contributed by atoms with E-state index >= 15 is 0 Å². The van der Waals surface area contributed by atoms with Crippen molar-refractivity contribution in [3.63, 3.8) is 0 Å². The third kappa shape index (κ3) is 4.42. The first kappa shape index (κ1) is 15.7. The number of aryl methyl sites for hydroxylation is 2. The number of piperidine rings is 1. The summed E-state index contributed by atoms with van der Waals surface area (Å²) in [4.78, 5) is 25.5. The lowest BCUT2D eigenvalue weighted by Crippen LogP contribution is -2.40. The first-order chi connectivity index (χ1) is 10.1. The van der Waals surface area contributed by atoms with Crippen LogP contribution in [0.2, 0.25) is 0 Å². The summed E-state index contributed by atoms with van der Waals surface area (Å²) in [6.07, 6.45) is 4.06. The molecule has 0 spiro atoms. The van der Waals surface area contributed by atoms with E-state index in [4.69, 9.17) is 0 Å². The quantitative estimate of drug-likeness (QED) is 0.835. The van der Waals surface area contributed by atoms with Gasteiger partial charge in [0.25, 0.3) is 0 Å². The Morgan fingerprint density at radius 1 is 1.10 bits per heavy atom. The van der Waals surface area contributed by atoms with Crippen molar-refractivity contribution in [3.8, 4) is 0 Å². The maximum atomic E-state index is 12.2. The van der Waals surface area contributed by atoms with E-state index in [9.17, 15) is 9.59 Å². The van der Waals surface area contributed by atoms with Crippen molar-refractivity contribution >= 4 is 11.7 Å². The number of Topliss-reactive ketones (excluding diaryl/α,β-unsaturated/α-hetero) is 1. The number of ketones is 1. The SMILES string of the molecule is CCc1ccc(CCC(=O)N2CCC(C(C)=O)CC2)cc1. The lowest BCUT2D eigenvalue weighted by atomic mass is 9.93. The van der Waals surface area contributed by atoms with Crippen molar-refractivity contribution in [2.75, 3.05) is 13.1 Å². The molecule has 1 aromatic carbocycles. The van der Waals surface area contributed by atoms with Gasteiger partial charge in [-0.3, -0.25) is 9.59 Å². The highest BCUT2D eigenvalue weighted by Crippen LogP contribution is 2.19. The summed E-state index contributed by atoms with van der Waals surface area (Å²) in [5.41, 5.74) is 2.55. The second kappa shape index (κ2) is 7.39. The second-order valence-electron chi connectivity index (χ2n) is 5.94. The van der Waals surface area contributed by atoms with Gasteiger partial charge in [-0.05, 0) is 43.7 Å². The van der Waals surface area contributed by atoms with Crippen molar-refractivity contribution in [1.82, 2.24) is 4.90 Å². The minimum absolute atomic E-state index is 0.163. The Labute approximate surface area is 127 Å². The van der Waals surface area contributed by atoms with Crippen LogP contribution in [0.15, 0.2) is 24.3 Å². The Balaban J connectivity index is 1.78. The zero-order valence-electron chi connectivity index (χ0n) is 13.1. The van der Waals surface area contributed by atoms with Gasteiger partial charge in [0.15, 0.2) is 0 Å². The van der Waals surface area contributed by atoms with Gasteiger partial charge in [-0.25, -0.2) is 0 Å². The predicted molar refractivity (Wildman–Crippen MR) is 84.1 cm³/mol. The summed E-state index contributed by atoms with van der Waals surface area (Å²) in [7, 11) is 0. The van der Waals surface area contributed by atoms with E-state index in [-0.39, 0.29) is 17.6 Å². The van der Waals surface area contributed by atoms with Gasteiger partial charge in [0.2, 0.25) is 5.91 Å². The minimum Gasteiger partial charge on any atom is -0.343 e. The van der Waals surface area contributed by atoms with Crippen LogP contribution in [0.4, 0.5) is 0 Å². The van der Waals surface area contributed by atoms with Gasteiger partial charge in [0, 0.05) is 25.4 Å². The number of hydrogen-bond donors (Lipinski definition) is 0. The number of amides is 1. The fraction of sp³-hybridized carbons (Fsp3) is 0.556. The highest BCUT2D eigenvalue weighted by molar-refractivity contribution is 5.79. The van der Waals surface area contributed by atoms with Gasteiger partial charge < -0.3 is 4.90 Å². The molecule has 1 amide bonds. The fourth-order valence-corrected chi connectivity index (χ4v) is 2.89. The highest BCUT2D eigenvalue weighted by Gasteiger charge is 2.24. The molecule has 0 N–H and O–H groups in total. The van der Waals surface area contributed by atoms with Crippen molar-refractivity contribution in [3.05, 3.63) is 35.4 Å². The minimum atomic E-state index is 0.163. The monoisotopic (exact) mass is 287 g/mol. The Bertz CT molecular complexity index is 484. The first-order valence-electron chi connectivity index (χ1n) is 7.96. The molecule has 0 aliphatic carbocycles. The maximum Gasteiger partial charge on any atom is 0.222 e. The fourth-order valence-electron chi connectivity index (χ4n) is 2.89. The lowest BCUT2D eigenvalue weighted by Gasteiger charge is -2.31. The van der Waals surface area contributed by atoms with E-state index < -0.39 is 0 Å². The smallest absolute Gasteiger partial charge is 0.222 e. The molecule has 2 rings (SSSR count). The summed E-state index contributed by atoms with van der Waals surface area (Å²) < 4.78 is 0. The summed E-state index contributed by atoms with van der Waals surface area (Å²) in [5, 5.41) is 0. The Morgan fingerprint density at radius 2 is 1.67 bits per heavy atom. The van der Waals surface area contributed by atoms with Crippen LogP contribution in [0, 0.1) is 5.92 Å². The van der Waals surface area contributed by atoms with Crippen molar-refractivity contribution in [2.24, 2.45) is 5.92 Å². The topological polar surface area (TPSA) is 37.4 Å². The molecule has 1 aliphatic heterocycles. The molecule has 1 saturated heterocycles. The molecule has 0 unspecified atom stereocenters. The van der Waals surface area contributed by atoms with E-state index in [1.54, 1.807) is 6.92 Å². The van der Waals surface area contributed by atoms with E-state index in [0.29, 0.717) is 6.42 Å². The maximum absolute atomic E-state index is 12.2. The molecule has 1 aliphatic rings. The summed E-state index contributed by atoms with van der Waals surface area (Å²) in [5.74, 6) is 0.644. The van der Waals surface area contributed by atoms with Crippen LogP contribution in [-0.2, 0) is 22.4 Å². The second-order valence-corrected chi connectivity index (χ2v) is 5.94. The van der Waals surface area contributed by atoms with Crippen LogP contribution in [0.1, 0.15) is 44.2 Å². The van der Waals surface area contributed by atoms with Gasteiger partial charge in [-0.1, -0.05) is 31.2 Å². The largest absolute Gasteiger partial charge is 0.343 e. The molecular weight excluding hydrogens is 262 g/mol. The van der Waals surface area contributed by atoms with Gasteiger partial charge in [0.1, 0.15) is 5.78 Å². The Hall–Kier alpha value is -1.64. The molecule has 1 heterocycles. The van der Waals surface area contributed by atoms with Gasteiger partial charge in [0.05, 0.1) is 0 Å². The molecule has 114 valence electrons. The Kier molecular flexibility index (Phi) is 5.54. The van der Waals surface area contributed by atoms with E-state index in [0.717, 1.165) is 38.8 Å². The van der Waals surface area contributed by atoms with Crippen molar-refractivity contribution in [1.29, 1.82) is 0 Å². The number of rotatable bonds is 5. The first-order valence-corrected chi connectivity index (χ1v) is 7.96. The number of hydrogen-bond acceptors (Lipinski definition) is 2. The van der Waals surface area contributed by atoms with Crippen molar-refractivity contribution in [2.45, 2.75) is 46.0 Å². The Morgan fingerprint density at radius 3 is 2.19 bits per heavy atom. The van der Waals surface area contributed by atoms with Crippen LogP contribution < -0.4 is 0 Å². The van der Waals surface area contributed by atoms with Crippen LogP contribution in [0.25, 0.3) is 0 Å². The normalized spacial score (nSPS) is 16.0. The molecule has 0 bridgehead atoms. The average Bonchev–Trinajstić information content (AvgIpc) is 2.53. The highest BCUT2D eigenvalue weighted by atomic mass is 16.2. The number of likely N-dealkylation sites (tertiary alicyclic amines) is 1. The predicted octanol–water partition coefficient (Wildman–Crippen LogP) is 3.01. The average molecular weight is 287 g/mol. The molecule has 1 fully saturated rings. The number of carbonyl (C=O) groups is 2. The molecule has 0 radical (unpaired) electrons. The third-order valence-electron chi connectivity index (χ3n) is 4.48. The zero-order chi connectivity index (χ0) is 15.2. The van der Waals surface area contributed by atoms with Crippen LogP contribution >= 0.6 is 0 Å². The van der Waals surface area contributed by atoms with E-state index in [2.05, 4.69) is 31.2 Å². The van der Waals surface area contributed by atoms with Gasteiger partial charge in [-0.2, -0.15) is 0 Å². The van der Waals surface area contributed by atoms with E-state index in [1.807, 2.05) is 4.90 Å². The van der Waals surface area contributed by atoms with Crippen LogP contribution in [0.3, 0.4) is 0 Å². The molecule has 21 heavy (non-hydrogen) atoms. The third-order valence-corrected chi connectivity index (χ3v) is 4.48. The molecule has 3 heteroatoms.